The maximum Gasteiger partial charge on any atom is 0.0547 e. The van der Waals surface area contributed by atoms with Gasteiger partial charge in [-0.3, -0.25) is 0 Å². The largest absolute Gasteiger partial charge is 0.309 e. The molecule has 0 atom stereocenters. The predicted molar refractivity (Wildman–Crippen MR) is 229 cm³/mol. The molecule has 1 heterocycles. The van der Waals surface area contributed by atoms with E-state index in [-0.39, 0.29) is 0 Å². The van der Waals surface area contributed by atoms with E-state index in [0.717, 1.165) is 28.3 Å². The van der Waals surface area contributed by atoms with Crippen LogP contribution in [0.3, 0.4) is 0 Å². The number of anilines is 3. The molecular formula is C52H36N2. The van der Waals surface area contributed by atoms with E-state index in [2.05, 4.69) is 228 Å². The fraction of sp³-hybridized carbons (Fsp3) is 0. The Balaban J connectivity index is 1.25. The monoisotopic (exact) mass is 688 g/mol. The minimum Gasteiger partial charge on any atom is -0.309 e. The first-order chi connectivity index (χ1) is 26.8. The summed E-state index contributed by atoms with van der Waals surface area (Å²) in [6.45, 7) is 0. The Kier molecular flexibility index (Phi) is 7.85. The molecule has 0 aliphatic heterocycles. The summed E-state index contributed by atoms with van der Waals surface area (Å²) in [6, 6.07) is 78.9. The van der Waals surface area contributed by atoms with E-state index in [0.29, 0.717) is 0 Å². The van der Waals surface area contributed by atoms with Crippen LogP contribution in [-0.4, -0.2) is 4.57 Å². The molecule has 9 aromatic carbocycles. The summed E-state index contributed by atoms with van der Waals surface area (Å²) in [5.74, 6) is 0. The van der Waals surface area contributed by atoms with Crippen molar-refractivity contribution >= 4 is 49.6 Å². The highest BCUT2D eigenvalue weighted by atomic mass is 15.1. The molecule has 2 heteroatoms. The van der Waals surface area contributed by atoms with Crippen molar-refractivity contribution in [1.29, 1.82) is 0 Å². The van der Waals surface area contributed by atoms with Gasteiger partial charge in [0.05, 0.1) is 22.4 Å². The van der Waals surface area contributed by atoms with Gasteiger partial charge in [0, 0.05) is 33.3 Å². The summed E-state index contributed by atoms with van der Waals surface area (Å²) in [6.07, 6.45) is 0. The number of nitrogens with zero attached hydrogens (tertiary/aromatic N) is 2. The summed E-state index contributed by atoms with van der Waals surface area (Å²) in [7, 11) is 0. The highest BCUT2D eigenvalue weighted by Gasteiger charge is 2.23. The van der Waals surface area contributed by atoms with Gasteiger partial charge in [-0.2, -0.15) is 0 Å². The zero-order valence-corrected chi connectivity index (χ0v) is 29.7. The number of fused-ring (bicyclic) bond motifs is 4. The number of rotatable bonds is 7. The van der Waals surface area contributed by atoms with Gasteiger partial charge in [0.15, 0.2) is 0 Å². The summed E-state index contributed by atoms with van der Waals surface area (Å²) in [5.41, 5.74) is 13.9. The molecule has 0 unspecified atom stereocenters. The van der Waals surface area contributed by atoms with Crippen LogP contribution in [0.5, 0.6) is 0 Å². The molecule has 54 heavy (non-hydrogen) atoms. The van der Waals surface area contributed by atoms with Crippen LogP contribution < -0.4 is 4.90 Å². The third kappa shape index (κ3) is 5.36. The second-order valence-electron chi connectivity index (χ2n) is 13.7. The van der Waals surface area contributed by atoms with Crippen LogP contribution in [-0.2, 0) is 0 Å². The molecule has 0 bridgehead atoms. The van der Waals surface area contributed by atoms with Gasteiger partial charge < -0.3 is 9.47 Å². The van der Waals surface area contributed by atoms with Crippen LogP contribution in [0, 0.1) is 0 Å². The van der Waals surface area contributed by atoms with Crippen molar-refractivity contribution in [2.24, 2.45) is 0 Å². The first-order valence-electron chi connectivity index (χ1n) is 18.5. The van der Waals surface area contributed by atoms with E-state index in [1.165, 1.54) is 60.4 Å². The van der Waals surface area contributed by atoms with E-state index in [1.807, 2.05) is 0 Å². The summed E-state index contributed by atoms with van der Waals surface area (Å²) in [5, 5.41) is 4.95. The SMILES string of the molecule is c1ccc(-c2ccccc2N(c2cccc(-c3cccc4ccccc34)c2)c2ccccc2-c2cccc3c2c2ccccc2n3-c2ccccc2)cc1. The Hall–Kier alpha value is -7.16. The smallest absolute Gasteiger partial charge is 0.0547 e. The molecule has 0 aliphatic carbocycles. The van der Waals surface area contributed by atoms with Gasteiger partial charge in [0.2, 0.25) is 0 Å². The molecule has 0 saturated carbocycles. The minimum absolute atomic E-state index is 1.09. The number of hydrogen-bond acceptors (Lipinski definition) is 1. The van der Waals surface area contributed by atoms with Crippen molar-refractivity contribution in [1.82, 2.24) is 4.57 Å². The summed E-state index contributed by atoms with van der Waals surface area (Å²) >= 11 is 0. The molecule has 10 rings (SSSR count). The molecule has 0 aliphatic rings. The van der Waals surface area contributed by atoms with Crippen molar-refractivity contribution < 1.29 is 0 Å². The number of benzene rings is 9. The van der Waals surface area contributed by atoms with Gasteiger partial charge >= 0.3 is 0 Å². The number of aromatic nitrogens is 1. The third-order valence-corrected chi connectivity index (χ3v) is 10.6. The second kappa shape index (κ2) is 13.4. The van der Waals surface area contributed by atoms with Crippen molar-refractivity contribution in [3.63, 3.8) is 0 Å². The fourth-order valence-corrected chi connectivity index (χ4v) is 8.22. The van der Waals surface area contributed by atoms with Crippen LogP contribution in [0.2, 0.25) is 0 Å². The average molecular weight is 689 g/mol. The lowest BCUT2D eigenvalue weighted by Gasteiger charge is -2.30. The van der Waals surface area contributed by atoms with Gasteiger partial charge in [-0.15, -0.1) is 0 Å². The predicted octanol–water partition coefficient (Wildman–Crippen LogP) is 14.4. The van der Waals surface area contributed by atoms with Crippen LogP contribution in [0.4, 0.5) is 17.1 Å². The number of para-hydroxylation sites is 4. The quantitative estimate of drug-likeness (QED) is 0.162. The van der Waals surface area contributed by atoms with Gasteiger partial charge in [0.25, 0.3) is 0 Å². The van der Waals surface area contributed by atoms with Crippen LogP contribution in [0.15, 0.2) is 218 Å². The topological polar surface area (TPSA) is 8.17 Å². The van der Waals surface area contributed by atoms with E-state index in [1.54, 1.807) is 0 Å². The molecule has 0 N–H and O–H groups in total. The van der Waals surface area contributed by atoms with Crippen molar-refractivity contribution in [2.75, 3.05) is 4.90 Å². The highest BCUT2D eigenvalue weighted by Crippen LogP contribution is 2.48. The lowest BCUT2D eigenvalue weighted by atomic mass is 9.95. The van der Waals surface area contributed by atoms with Gasteiger partial charge in [-0.25, -0.2) is 0 Å². The van der Waals surface area contributed by atoms with Crippen LogP contribution >= 0.6 is 0 Å². The molecule has 0 radical (unpaired) electrons. The van der Waals surface area contributed by atoms with Crippen LogP contribution in [0.1, 0.15) is 0 Å². The lowest BCUT2D eigenvalue weighted by molar-refractivity contribution is 1.18. The third-order valence-electron chi connectivity index (χ3n) is 10.6. The summed E-state index contributed by atoms with van der Waals surface area (Å²) in [4.78, 5) is 2.46. The average Bonchev–Trinajstić information content (AvgIpc) is 3.59. The normalized spacial score (nSPS) is 11.3. The lowest BCUT2D eigenvalue weighted by Crippen LogP contribution is -2.12. The van der Waals surface area contributed by atoms with Crippen molar-refractivity contribution in [3.05, 3.63) is 218 Å². The van der Waals surface area contributed by atoms with Gasteiger partial charge in [0.1, 0.15) is 0 Å². The molecule has 0 amide bonds. The van der Waals surface area contributed by atoms with E-state index in [9.17, 15) is 0 Å². The van der Waals surface area contributed by atoms with E-state index in [4.69, 9.17) is 0 Å². The van der Waals surface area contributed by atoms with Gasteiger partial charge in [-0.05, 0) is 81.6 Å². The Morgan fingerprint density at radius 3 is 1.70 bits per heavy atom. The molecule has 10 aromatic rings. The molecule has 0 spiro atoms. The Morgan fingerprint density at radius 1 is 0.333 bits per heavy atom. The first kappa shape index (κ1) is 31.6. The fourth-order valence-electron chi connectivity index (χ4n) is 8.22. The molecule has 0 fully saturated rings. The molecule has 254 valence electrons. The van der Waals surface area contributed by atoms with Crippen molar-refractivity contribution in [2.45, 2.75) is 0 Å². The number of hydrogen-bond donors (Lipinski definition) is 0. The minimum atomic E-state index is 1.09. The van der Waals surface area contributed by atoms with Crippen LogP contribution in [0.25, 0.3) is 71.6 Å². The van der Waals surface area contributed by atoms with E-state index < -0.39 is 0 Å². The standard InChI is InChI=1S/C52H36N2/c1-3-18-38(19-4-1)44-27-9-12-32-48(44)54(41-25-15-22-39(36-41)43-30-16-21-37-20-7-8-26-42(37)43)49-33-13-10-28-45(49)46-31-17-35-51-52(46)47-29-11-14-34-50(47)53(51)40-23-5-2-6-24-40/h1-36H. The first-order valence-corrected chi connectivity index (χ1v) is 18.5. The zero-order valence-electron chi connectivity index (χ0n) is 29.7. The molecule has 1 aromatic heterocycles. The zero-order chi connectivity index (χ0) is 35.8. The van der Waals surface area contributed by atoms with Crippen molar-refractivity contribution in [3.8, 4) is 39.1 Å². The van der Waals surface area contributed by atoms with E-state index >= 15 is 0 Å². The maximum atomic E-state index is 2.46. The maximum absolute atomic E-state index is 2.46. The molecular weight excluding hydrogens is 653 g/mol. The Morgan fingerprint density at radius 2 is 0.870 bits per heavy atom. The highest BCUT2D eigenvalue weighted by molar-refractivity contribution is 6.17. The second-order valence-corrected chi connectivity index (χ2v) is 13.7. The molecule has 2 nitrogen and oxygen atoms in total. The Bertz CT molecular complexity index is 2930. The van der Waals surface area contributed by atoms with Gasteiger partial charge in [-0.1, -0.05) is 170 Å². The Labute approximate surface area is 315 Å². The summed E-state index contributed by atoms with van der Waals surface area (Å²) < 4.78 is 2.40. The molecule has 0 saturated heterocycles.